The van der Waals surface area contributed by atoms with Crippen LogP contribution in [0.5, 0.6) is 0 Å². The van der Waals surface area contributed by atoms with Crippen molar-refractivity contribution >= 4 is 18.4 Å². The van der Waals surface area contributed by atoms with Crippen molar-refractivity contribution in [3.63, 3.8) is 0 Å². The van der Waals surface area contributed by atoms with E-state index in [0.717, 1.165) is 23.2 Å². The Hall–Kier alpha value is -2.59. The summed E-state index contributed by atoms with van der Waals surface area (Å²) in [6.07, 6.45) is 2.56. The highest BCUT2D eigenvalue weighted by molar-refractivity contribution is 5.90. The number of rotatable bonds is 5. The second-order valence-electron chi connectivity index (χ2n) is 7.18. The van der Waals surface area contributed by atoms with E-state index in [9.17, 15) is 4.79 Å². The third kappa shape index (κ3) is 3.22. The molecule has 1 saturated heterocycles. The molecule has 0 amide bonds. The first-order valence-corrected chi connectivity index (χ1v) is 9.48. The summed E-state index contributed by atoms with van der Waals surface area (Å²) in [5.41, 5.74) is 2.16. The van der Waals surface area contributed by atoms with Crippen molar-refractivity contribution in [3.05, 3.63) is 89.7 Å². The topological polar surface area (TPSA) is 44.1 Å². The van der Waals surface area contributed by atoms with Crippen molar-refractivity contribution in [2.24, 2.45) is 5.92 Å². The van der Waals surface area contributed by atoms with E-state index >= 15 is 0 Å². The minimum atomic E-state index is -0.788. The summed E-state index contributed by atoms with van der Waals surface area (Å²) >= 11 is 0. The molecule has 1 aromatic heterocycles. The Bertz CT molecular complexity index is 885. The molecule has 0 N–H and O–H groups in total. The van der Waals surface area contributed by atoms with Crippen LogP contribution in [0.2, 0.25) is 0 Å². The number of aromatic nitrogens is 2. The molecule has 3 aromatic rings. The molecule has 1 fully saturated rings. The van der Waals surface area contributed by atoms with Crippen LogP contribution in [-0.2, 0) is 21.5 Å². The van der Waals surface area contributed by atoms with Crippen molar-refractivity contribution in [3.8, 4) is 0 Å². The number of aryl methyl sites for hydroxylation is 1. The van der Waals surface area contributed by atoms with Crippen molar-refractivity contribution in [1.29, 1.82) is 0 Å². The van der Waals surface area contributed by atoms with Crippen LogP contribution in [-0.4, -0.2) is 21.9 Å². The molecule has 0 spiro atoms. The standard InChI is InChI=1S/C23H24N2O2.ClH/c1-3-20-21(16-25-15-14-17(2)24-25)27-22(26)23(20,18-10-6-4-7-11-18)19-12-8-5-9-13-19;/h4-15,20-21H,3,16H2,1-2H3;1H. The predicted molar refractivity (Wildman–Crippen MR) is 112 cm³/mol. The van der Waals surface area contributed by atoms with E-state index in [0.29, 0.717) is 6.54 Å². The largest absolute Gasteiger partial charge is 0.459 e. The number of ether oxygens (including phenoxy) is 1. The third-order valence-corrected chi connectivity index (χ3v) is 5.62. The number of halogens is 1. The maximum Gasteiger partial charge on any atom is 0.321 e. The summed E-state index contributed by atoms with van der Waals surface area (Å²) in [6, 6.07) is 22.0. The molecule has 0 radical (unpaired) electrons. The van der Waals surface area contributed by atoms with E-state index in [2.05, 4.69) is 12.0 Å². The van der Waals surface area contributed by atoms with Gasteiger partial charge in [0.1, 0.15) is 11.5 Å². The molecular weight excluding hydrogens is 372 g/mol. The van der Waals surface area contributed by atoms with Gasteiger partial charge in [-0.2, -0.15) is 5.10 Å². The number of carbonyl (C=O) groups excluding carboxylic acids is 1. The van der Waals surface area contributed by atoms with Gasteiger partial charge >= 0.3 is 5.97 Å². The number of esters is 1. The van der Waals surface area contributed by atoms with E-state index in [4.69, 9.17) is 4.74 Å². The lowest BCUT2D eigenvalue weighted by Gasteiger charge is -2.33. The first kappa shape index (κ1) is 20.2. The summed E-state index contributed by atoms with van der Waals surface area (Å²) in [7, 11) is 0. The summed E-state index contributed by atoms with van der Waals surface area (Å²) in [5, 5.41) is 4.49. The van der Waals surface area contributed by atoms with Gasteiger partial charge in [0.2, 0.25) is 0 Å². The van der Waals surface area contributed by atoms with Crippen LogP contribution in [0.15, 0.2) is 72.9 Å². The van der Waals surface area contributed by atoms with Gasteiger partial charge in [-0.25, -0.2) is 0 Å². The van der Waals surface area contributed by atoms with Crippen LogP contribution < -0.4 is 0 Å². The molecule has 5 heteroatoms. The lowest BCUT2D eigenvalue weighted by atomic mass is 9.64. The van der Waals surface area contributed by atoms with Crippen molar-refractivity contribution in [2.75, 3.05) is 0 Å². The molecule has 2 unspecified atom stereocenters. The number of cyclic esters (lactones) is 1. The third-order valence-electron chi connectivity index (χ3n) is 5.62. The van der Waals surface area contributed by atoms with Crippen LogP contribution in [0.4, 0.5) is 0 Å². The fourth-order valence-corrected chi connectivity index (χ4v) is 4.46. The summed E-state index contributed by atoms with van der Waals surface area (Å²) in [6.45, 7) is 4.67. The van der Waals surface area contributed by atoms with Crippen LogP contribution >= 0.6 is 12.4 Å². The summed E-state index contributed by atoms with van der Waals surface area (Å²) in [5.74, 6) is -0.139. The van der Waals surface area contributed by atoms with E-state index in [-0.39, 0.29) is 30.4 Å². The van der Waals surface area contributed by atoms with Gasteiger partial charge in [-0.05, 0) is 30.5 Å². The van der Waals surface area contributed by atoms with Gasteiger partial charge in [-0.3, -0.25) is 9.48 Å². The maximum absolute atomic E-state index is 13.4. The van der Waals surface area contributed by atoms with Crippen LogP contribution in [0, 0.1) is 12.8 Å². The molecule has 1 aliphatic rings. The molecule has 0 bridgehead atoms. The van der Waals surface area contributed by atoms with Gasteiger partial charge in [0.05, 0.1) is 12.2 Å². The predicted octanol–water partition coefficient (Wildman–Crippen LogP) is 4.55. The van der Waals surface area contributed by atoms with Gasteiger partial charge < -0.3 is 4.74 Å². The fourth-order valence-electron chi connectivity index (χ4n) is 4.46. The van der Waals surface area contributed by atoms with E-state index in [1.54, 1.807) is 0 Å². The highest BCUT2D eigenvalue weighted by Gasteiger charge is 2.58. The van der Waals surface area contributed by atoms with Gasteiger partial charge in [0.25, 0.3) is 0 Å². The molecule has 28 heavy (non-hydrogen) atoms. The average molecular weight is 397 g/mol. The maximum atomic E-state index is 13.4. The van der Waals surface area contributed by atoms with Crippen LogP contribution in [0.3, 0.4) is 0 Å². The van der Waals surface area contributed by atoms with E-state index in [1.807, 2.05) is 84.5 Å². The minimum absolute atomic E-state index is 0. The lowest BCUT2D eigenvalue weighted by Crippen LogP contribution is -2.41. The van der Waals surface area contributed by atoms with Gasteiger partial charge in [-0.15, -0.1) is 12.4 Å². The first-order chi connectivity index (χ1) is 13.2. The quantitative estimate of drug-likeness (QED) is 0.594. The average Bonchev–Trinajstić information content (AvgIpc) is 3.23. The molecule has 4 nitrogen and oxygen atoms in total. The van der Waals surface area contributed by atoms with Crippen molar-refractivity contribution in [2.45, 2.75) is 38.3 Å². The normalized spacial score (nSPS) is 20.4. The molecule has 4 rings (SSSR count). The van der Waals surface area contributed by atoms with Crippen LogP contribution in [0.25, 0.3) is 0 Å². The van der Waals surface area contributed by atoms with E-state index < -0.39 is 5.41 Å². The molecule has 2 atom stereocenters. The number of benzene rings is 2. The molecule has 0 saturated carbocycles. The number of nitrogens with zero attached hydrogens (tertiary/aromatic N) is 2. The van der Waals surface area contributed by atoms with Gasteiger partial charge in [0.15, 0.2) is 0 Å². The van der Waals surface area contributed by atoms with Gasteiger partial charge in [0, 0.05) is 12.1 Å². The monoisotopic (exact) mass is 396 g/mol. The molecular formula is C23H25ClN2O2. The Kier molecular flexibility index (Phi) is 5.90. The first-order valence-electron chi connectivity index (χ1n) is 9.48. The number of carbonyl (C=O) groups is 1. The van der Waals surface area contributed by atoms with E-state index in [1.165, 1.54) is 0 Å². The Labute approximate surface area is 171 Å². The zero-order valence-corrected chi connectivity index (χ0v) is 16.9. The zero-order chi connectivity index (χ0) is 18.9. The van der Waals surface area contributed by atoms with Crippen molar-refractivity contribution < 1.29 is 9.53 Å². The van der Waals surface area contributed by atoms with Gasteiger partial charge in [-0.1, -0.05) is 67.6 Å². The molecule has 146 valence electrons. The summed E-state index contributed by atoms with van der Waals surface area (Å²) < 4.78 is 7.88. The number of hydrogen-bond acceptors (Lipinski definition) is 3. The molecule has 0 aliphatic carbocycles. The molecule has 2 aromatic carbocycles. The minimum Gasteiger partial charge on any atom is -0.459 e. The Balaban J connectivity index is 0.00000225. The SMILES string of the molecule is CCC1C(Cn2ccc(C)n2)OC(=O)C1(c1ccccc1)c1ccccc1.Cl. The second kappa shape index (κ2) is 8.19. The van der Waals surface area contributed by atoms with Crippen LogP contribution in [0.1, 0.15) is 30.2 Å². The second-order valence-corrected chi connectivity index (χ2v) is 7.18. The fraction of sp³-hybridized carbons (Fsp3) is 0.304. The smallest absolute Gasteiger partial charge is 0.321 e. The molecule has 2 heterocycles. The molecule has 1 aliphatic heterocycles. The zero-order valence-electron chi connectivity index (χ0n) is 16.1. The lowest BCUT2D eigenvalue weighted by molar-refractivity contribution is -0.145. The Morgan fingerprint density at radius 2 is 1.57 bits per heavy atom. The number of hydrogen-bond donors (Lipinski definition) is 0. The van der Waals surface area contributed by atoms with Crippen molar-refractivity contribution in [1.82, 2.24) is 9.78 Å². The highest BCUT2D eigenvalue weighted by atomic mass is 35.5. The Morgan fingerprint density at radius 1 is 1.00 bits per heavy atom. The Morgan fingerprint density at radius 3 is 2.04 bits per heavy atom. The highest BCUT2D eigenvalue weighted by Crippen LogP contribution is 2.49. The summed E-state index contributed by atoms with van der Waals surface area (Å²) in [4.78, 5) is 13.4.